The quantitative estimate of drug-likeness (QED) is 0.430. The molecule has 0 spiro atoms. The second-order valence-electron chi connectivity index (χ2n) is 8.86. The first-order valence-electron chi connectivity index (χ1n) is 9.41. The molecule has 1 saturated carbocycles. The Labute approximate surface area is 129 Å². The Morgan fingerprint density at radius 2 is 0.550 bits per heavy atom. The van der Waals surface area contributed by atoms with Crippen LogP contribution in [0.2, 0.25) is 0 Å². The van der Waals surface area contributed by atoms with Gasteiger partial charge in [0.2, 0.25) is 0 Å². The van der Waals surface area contributed by atoms with Gasteiger partial charge in [-0.05, 0) is 36.5 Å². The van der Waals surface area contributed by atoms with Gasteiger partial charge in [0.15, 0.2) is 0 Å². The largest absolute Gasteiger partial charge is 0.0599 e. The first-order chi connectivity index (χ1) is 9.41. The lowest BCUT2D eigenvalue weighted by Crippen LogP contribution is -2.12. The van der Waals surface area contributed by atoms with Crippen LogP contribution in [0, 0.1) is 10.8 Å². The van der Waals surface area contributed by atoms with Crippen molar-refractivity contribution in [2.24, 2.45) is 10.8 Å². The monoisotopic (exact) mass is 280 g/mol. The number of hydrogen-bond acceptors (Lipinski definition) is 0. The Morgan fingerprint density at radius 1 is 0.350 bits per heavy atom. The van der Waals surface area contributed by atoms with E-state index in [1.54, 1.807) is 0 Å². The van der Waals surface area contributed by atoms with Crippen molar-refractivity contribution in [2.45, 2.75) is 118 Å². The fraction of sp³-hybridized carbons (Fsp3) is 1.00. The predicted octanol–water partition coefficient (Wildman–Crippen LogP) is 7.51. The molecule has 20 heavy (non-hydrogen) atoms. The van der Waals surface area contributed by atoms with E-state index in [-0.39, 0.29) is 0 Å². The van der Waals surface area contributed by atoms with E-state index in [4.69, 9.17) is 0 Å². The van der Waals surface area contributed by atoms with Crippen LogP contribution in [0.15, 0.2) is 0 Å². The molecule has 0 aromatic rings. The molecule has 0 N–H and O–H groups in total. The van der Waals surface area contributed by atoms with E-state index >= 15 is 0 Å². The number of rotatable bonds is 0. The fourth-order valence-corrected chi connectivity index (χ4v) is 3.72. The molecule has 0 heteroatoms. The summed E-state index contributed by atoms with van der Waals surface area (Å²) in [6.07, 6.45) is 20.4. The van der Waals surface area contributed by atoms with Gasteiger partial charge >= 0.3 is 0 Å². The summed E-state index contributed by atoms with van der Waals surface area (Å²) < 4.78 is 0. The maximum absolute atomic E-state index is 2.48. The first kappa shape index (κ1) is 18.1. The van der Waals surface area contributed by atoms with Gasteiger partial charge in [-0.1, -0.05) is 91.9 Å². The molecule has 0 atom stereocenters. The summed E-state index contributed by atoms with van der Waals surface area (Å²) in [4.78, 5) is 0. The maximum Gasteiger partial charge on any atom is -0.0354 e. The van der Waals surface area contributed by atoms with Crippen LogP contribution in [0.5, 0.6) is 0 Å². The van der Waals surface area contributed by atoms with Crippen LogP contribution in [0.3, 0.4) is 0 Å². The third kappa shape index (κ3) is 9.03. The molecule has 0 aromatic carbocycles. The molecule has 0 radical (unpaired) electrons. The first-order valence-corrected chi connectivity index (χ1v) is 9.41. The highest BCUT2D eigenvalue weighted by Gasteiger charge is 2.18. The summed E-state index contributed by atoms with van der Waals surface area (Å²) in [6.45, 7) is 9.94. The minimum Gasteiger partial charge on any atom is -0.0599 e. The molecular weight excluding hydrogens is 240 g/mol. The summed E-state index contributed by atoms with van der Waals surface area (Å²) in [5, 5.41) is 0. The molecule has 0 nitrogen and oxygen atoms in total. The molecular formula is C20H40. The van der Waals surface area contributed by atoms with E-state index in [9.17, 15) is 0 Å². The third-order valence-corrected chi connectivity index (χ3v) is 5.41. The molecule has 0 unspecified atom stereocenters. The van der Waals surface area contributed by atoms with Crippen molar-refractivity contribution >= 4 is 0 Å². The highest BCUT2D eigenvalue weighted by Crippen LogP contribution is 2.33. The van der Waals surface area contributed by atoms with Crippen molar-refractivity contribution in [3.63, 3.8) is 0 Å². The molecule has 1 aliphatic carbocycles. The average Bonchev–Trinajstić information content (AvgIpc) is 2.35. The van der Waals surface area contributed by atoms with Gasteiger partial charge in [-0.2, -0.15) is 0 Å². The Hall–Kier alpha value is 0. The van der Waals surface area contributed by atoms with Gasteiger partial charge in [0.25, 0.3) is 0 Å². The van der Waals surface area contributed by atoms with E-state index in [0.717, 1.165) is 0 Å². The molecule has 1 aliphatic rings. The smallest absolute Gasteiger partial charge is 0.0354 e. The molecule has 0 aromatic heterocycles. The van der Waals surface area contributed by atoms with Gasteiger partial charge in [0.1, 0.15) is 0 Å². The Morgan fingerprint density at radius 3 is 0.800 bits per heavy atom. The Kier molecular flexibility index (Phi) is 8.22. The van der Waals surface area contributed by atoms with E-state index in [0.29, 0.717) is 10.8 Å². The normalized spacial score (nSPS) is 27.0. The van der Waals surface area contributed by atoms with Gasteiger partial charge in [-0.15, -0.1) is 0 Å². The van der Waals surface area contributed by atoms with E-state index in [2.05, 4.69) is 27.7 Å². The van der Waals surface area contributed by atoms with Crippen LogP contribution in [0.1, 0.15) is 118 Å². The van der Waals surface area contributed by atoms with Crippen LogP contribution in [0.25, 0.3) is 0 Å². The molecule has 1 rings (SSSR count). The minimum absolute atomic E-state index is 0.596. The lowest BCUT2D eigenvalue weighted by Gasteiger charge is -2.26. The molecule has 120 valence electrons. The summed E-state index contributed by atoms with van der Waals surface area (Å²) in [6, 6.07) is 0. The van der Waals surface area contributed by atoms with Gasteiger partial charge in [-0.25, -0.2) is 0 Å². The highest BCUT2D eigenvalue weighted by molar-refractivity contribution is 4.71. The topological polar surface area (TPSA) is 0 Å². The van der Waals surface area contributed by atoms with E-state index < -0.39 is 0 Å². The molecule has 0 amide bonds. The molecule has 0 heterocycles. The average molecular weight is 281 g/mol. The zero-order valence-corrected chi connectivity index (χ0v) is 14.9. The van der Waals surface area contributed by atoms with Gasteiger partial charge < -0.3 is 0 Å². The summed E-state index contributed by atoms with van der Waals surface area (Å²) >= 11 is 0. The van der Waals surface area contributed by atoms with Crippen LogP contribution in [-0.4, -0.2) is 0 Å². The summed E-state index contributed by atoms with van der Waals surface area (Å²) in [5.74, 6) is 0. The van der Waals surface area contributed by atoms with Gasteiger partial charge in [-0.3, -0.25) is 0 Å². The summed E-state index contributed by atoms with van der Waals surface area (Å²) in [7, 11) is 0. The number of hydrogen-bond donors (Lipinski definition) is 0. The lowest BCUT2D eigenvalue weighted by atomic mass is 9.80. The second kappa shape index (κ2) is 9.11. The zero-order valence-electron chi connectivity index (χ0n) is 14.9. The van der Waals surface area contributed by atoms with Crippen LogP contribution in [-0.2, 0) is 0 Å². The highest BCUT2D eigenvalue weighted by atomic mass is 14.2. The van der Waals surface area contributed by atoms with Crippen LogP contribution < -0.4 is 0 Å². The van der Waals surface area contributed by atoms with Crippen molar-refractivity contribution in [3.8, 4) is 0 Å². The van der Waals surface area contributed by atoms with Crippen molar-refractivity contribution in [3.05, 3.63) is 0 Å². The Balaban J connectivity index is 2.34. The molecule has 1 fully saturated rings. The SMILES string of the molecule is CC1(C)CCCCCCCC(C)(C)CCCCCCC1. The van der Waals surface area contributed by atoms with E-state index in [1.165, 1.54) is 89.9 Å². The maximum atomic E-state index is 2.48. The lowest BCUT2D eigenvalue weighted by molar-refractivity contribution is 0.266. The van der Waals surface area contributed by atoms with Crippen molar-refractivity contribution in [1.29, 1.82) is 0 Å². The Bertz CT molecular complexity index is 190. The zero-order chi connectivity index (χ0) is 14.9. The molecule has 0 saturated heterocycles. The van der Waals surface area contributed by atoms with Crippen LogP contribution >= 0.6 is 0 Å². The van der Waals surface area contributed by atoms with Gasteiger partial charge in [0, 0.05) is 0 Å². The third-order valence-electron chi connectivity index (χ3n) is 5.41. The minimum atomic E-state index is 0.596. The standard InChI is InChI=1S/C20H40/c1-19(2)15-11-7-5-9-13-17-20(3,4)18-14-10-6-8-12-16-19/h5-18H2,1-4H3. The molecule has 0 aliphatic heterocycles. The summed E-state index contributed by atoms with van der Waals surface area (Å²) in [5.41, 5.74) is 1.19. The second-order valence-corrected chi connectivity index (χ2v) is 8.86. The predicted molar refractivity (Wildman–Crippen MR) is 92.2 cm³/mol. The van der Waals surface area contributed by atoms with Crippen molar-refractivity contribution in [1.82, 2.24) is 0 Å². The van der Waals surface area contributed by atoms with Crippen LogP contribution in [0.4, 0.5) is 0 Å². The van der Waals surface area contributed by atoms with Gasteiger partial charge in [0.05, 0.1) is 0 Å². The van der Waals surface area contributed by atoms with E-state index in [1.807, 2.05) is 0 Å². The van der Waals surface area contributed by atoms with Crippen molar-refractivity contribution < 1.29 is 0 Å². The fourth-order valence-electron chi connectivity index (χ4n) is 3.72. The van der Waals surface area contributed by atoms with Crippen molar-refractivity contribution in [2.75, 3.05) is 0 Å². The molecule has 0 bridgehead atoms.